The maximum absolute atomic E-state index is 5.22. The van der Waals surface area contributed by atoms with E-state index in [9.17, 15) is 0 Å². The zero-order valence-electron chi connectivity index (χ0n) is 21.4. The molecule has 4 heteroatoms. The molecule has 4 aromatic carbocycles. The first-order chi connectivity index (χ1) is 18.8. The van der Waals surface area contributed by atoms with Crippen molar-refractivity contribution in [2.45, 2.75) is 6.92 Å². The minimum absolute atomic E-state index is 0. The first kappa shape index (κ1) is 25.3. The molecule has 0 fully saturated rings. The number of aromatic amines is 1. The molecule has 0 aliphatic rings. The van der Waals surface area contributed by atoms with E-state index in [4.69, 9.17) is 9.97 Å². The van der Waals surface area contributed by atoms with Crippen LogP contribution in [0.1, 0.15) is 5.56 Å². The van der Waals surface area contributed by atoms with Gasteiger partial charge in [0.1, 0.15) is 0 Å². The fraction of sp³-hybridized carbons (Fsp3) is 0.0286. The molecule has 1 N–H and O–H groups in total. The van der Waals surface area contributed by atoms with Crippen LogP contribution >= 0.6 is 0 Å². The molecule has 7 aromatic rings. The van der Waals surface area contributed by atoms with Gasteiger partial charge in [-0.2, -0.15) is 36.4 Å². The SMILES string of the molecule is Cc1c(-c2ccc3[nH]c4c(-c5[c-]cccc5)[c-]ccc4c3n2)cc(-c2ccccc2)nc1-c1ccccc1.[U+2]. The summed E-state index contributed by atoms with van der Waals surface area (Å²) in [5, 5.41) is 1.08. The smallest absolute Gasteiger partial charge is 0.401 e. The van der Waals surface area contributed by atoms with Crippen molar-refractivity contribution >= 4 is 21.9 Å². The molecule has 0 aliphatic carbocycles. The van der Waals surface area contributed by atoms with Crippen LogP contribution in [0, 0.1) is 50.2 Å². The van der Waals surface area contributed by atoms with Gasteiger partial charge in [0.15, 0.2) is 0 Å². The second-order valence-corrected chi connectivity index (χ2v) is 9.40. The van der Waals surface area contributed by atoms with Gasteiger partial charge in [-0.15, -0.1) is 12.1 Å². The monoisotopic (exact) mass is 723 g/mol. The molecule has 0 bridgehead atoms. The number of hydrogen-bond acceptors (Lipinski definition) is 2. The third kappa shape index (κ3) is 4.61. The van der Waals surface area contributed by atoms with Crippen LogP contribution < -0.4 is 0 Å². The Morgan fingerprint density at radius 3 is 2.15 bits per heavy atom. The first-order valence-electron chi connectivity index (χ1n) is 12.7. The average molecular weight is 724 g/mol. The molecule has 0 saturated carbocycles. The fourth-order valence-electron chi connectivity index (χ4n) is 5.15. The van der Waals surface area contributed by atoms with Crippen LogP contribution in [0.4, 0.5) is 0 Å². The normalized spacial score (nSPS) is 11.0. The molecule has 3 nitrogen and oxygen atoms in total. The molecule has 182 valence electrons. The van der Waals surface area contributed by atoms with Crippen molar-refractivity contribution in [2.75, 3.05) is 0 Å². The van der Waals surface area contributed by atoms with E-state index in [1.54, 1.807) is 0 Å². The molecule has 3 aromatic heterocycles. The number of fused-ring (bicyclic) bond motifs is 3. The van der Waals surface area contributed by atoms with Crippen molar-refractivity contribution in [3.63, 3.8) is 0 Å². The van der Waals surface area contributed by atoms with Crippen LogP contribution in [0.3, 0.4) is 0 Å². The summed E-state index contributed by atoms with van der Waals surface area (Å²) >= 11 is 0. The maximum atomic E-state index is 5.22. The van der Waals surface area contributed by atoms with E-state index in [1.165, 1.54) is 0 Å². The van der Waals surface area contributed by atoms with Gasteiger partial charge in [0.05, 0.1) is 28.1 Å². The summed E-state index contributed by atoms with van der Waals surface area (Å²) in [6, 6.07) is 45.9. The minimum atomic E-state index is 0. The molecule has 0 unspecified atom stereocenters. The maximum Gasteiger partial charge on any atom is 2.00 e. The van der Waals surface area contributed by atoms with Crippen LogP contribution in [0.2, 0.25) is 0 Å². The summed E-state index contributed by atoms with van der Waals surface area (Å²) in [6.07, 6.45) is 0. The van der Waals surface area contributed by atoms with Crippen molar-refractivity contribution in [1.29, 1.82) is 0 Å². The van der Waals surface area contributed by atoms with E-state index < -0.39 is 0 Å². The molecule has 0 radical (unpaired) electrons. The number of rotatable bonds is 4. The number of aromatic nitrogens is 3. The van der Waals surface area contributed by atoms with Crippen molar-refractivity contribution < 1.29 is 31.1 Å². The zero-order valence-corrected chi connectivity index (χ0v) is 25.5. The van der Waals surface area contributed by atoms with Gasteiger partial charge >= 0.3 is 31.1 Å². The van der Waals surface area contributed by atoms with Crippen LogP contribution in [-0.4, -0.2) is 15.0 Å². The molecule has 7 rings (SSSR count). The zero-order chi connectivity index (χ0) is 25.5. The van der Waals surface area contributed by atoms with E-state index in [1.807, 2.05) is 48.5 Å². The van der Waals surface area contributed by atoms with Crippen LogP contribution in [-0.2, 0) is 0 Å². The summed E-state index contributed by atoms with van der Waals surface area (Å²) in [7, 11) is 0. The standard InChI is InChI=1S/C35H23N3.U/c1-23-29(22-32(25-14-7-3-8-15-25)38-33(23)26-16-9-4-10-17-26)30-20-21-31-35(36-30)28-19-11-18-27(34(28)37-31)24-12-5-2-6-13-24;/h2-12,14-17,19-22,37H,1H3;/q-2;+2. The van der Waals surface area contributed by atoms with E-state index in [0.29, 0.717) is 0 Å². The van der Waals surface area contributed by atoms with Gasteiger partial charge in [-0.3, -0.25) is 0 Å². The Hall–Kier alpha value is -3.97. The first-order valence-corrected chi connectivity index (χ1v) is 12.7. The average Bonchev–Trinajstić information content (AvgIpc) is 3.37. The fourth-order valence-corrected chi connectivity index (χ4v) is 5.15. The van der Waals surface area contributed by atoms with Gasteiger partial charge in [-0.1, -0.05) is 71.6 Å². The molecule has 0 spiro atoms. The van der Waals surface area contributed by atoms with Crippen LogP contribution in [0.5, 0.6) is 0 Å². The van der Waals surface area contributed by atoms with Crippen molar-refractivity contribution in [1.82, 2.24) is 15.0 Å². The van der Waals surface area contributed by atoms with Gasteiger partial charge in [0.2, 0.25) is 0 Å². The Balaban J connectivity index is 0.00000277. The van der Waals surface area contributed by atoms with Gasteiger partial charge in [-0.25, -0.2) is 21.1 Å². The number of benzene rings is 4. The quantitative estimate of drug-likeness (QED) is 0.185. The summed E-state index contributed by atoms with van der Waals surface area (Å²) in [5.74, 6) is 0. The van der Waals surface area contributed by atoms with Gasteiger partial charge in [0, 0.05) is 16.7 Å². The molecular formula is C35H23N3U. The summed E-state index contributed by atoms with van der Waals surface area (Å²) in [6.45, 7) is 2.14. The van der Waals surface area contributed by atoms with E-state index in [2.05, 4.69) is 90.8 Å². The van der Waals surface area contributed by atoms with E-state index in [0.717, 1.165) is 72.4 Å². The largest absolute Gasteiger partial charge is 2.00 e. The Bertz CT molecular complexity index is 1910. The second-order valence-electron chi connectivity index (χ2n) is 9.40. The molecule has 3 heterocycles. The Kier molecular flexibility index (Phi) is 6.92. The van der Waals surface area contributed by atoms with Gasteiger partial charge in [0.25, 0.3) is 0 Å². The number of pyridine rings is 2. The molecule has 39 heavy (non-hydrogen) atoms. The number of nitrogens with one attached hydrogen (secondary N) is 1. The Morgan fingerprint density at radius 2 is 1.41 bits per heavy atom. The Morgan fingerprint density at radius 1 is 0.667 bits per heavy atom. The van der Waals surface area contributed by atoms with Crippen LogP contribution in [0.25, 0.3) is 66.8 Å². The summed E-state index contributed by atoms with van der Waals surface area (Å²) in [5.41, 5.74) is 12.2. The third-order valence-corrected chi connectivity index (χ3v) is 7.05. The molecule has 0 atom stereocenters. The van der Waals surface area contributed by atoms with Crippen molar-refractivity contribution in [2.24, 2.45) is 0 Å². The predicted molar refractivity (Wildman–Crippen MR) is 156 cm³/mol. The van der Waals surface area contributed by atoms with Gasteiger partial charge in [-0.05, 0) is 30.7 Å². The van der Waals surface area contributed by atoms with Crippen molar-refractivity contribution in [3.8, 4) is 44.9 Å². The number of nitrogens with zero attached hydrogens (tertiary/aromatic N) is 2. The Labute approximate surface area is 251 Å². The second kappa shape index (κ2) is 10.7. The van der Waals surface area contributed by atoms with Gasteiger partial charge < -0.3 is 4.98 Å². The molecule has 0 saturated heterocycles. The topological polar surface area (TPSA) is 41.6 Å². The van der Waals surface area contributed by atoms with Crippen LogP contribution in [0.15, 0.2) is 115 Å². The molecular weight excluding hydrogens is 700 g/mol. The molecule has 0 amide bonds. The molecule has 0 aliphatic heterocycles. The minimum Gasteiger partial charge on any atom is -0.401 e. The van der Waals surface area contributed by atoms with E-state index >= 15 is 0 Å². The van der Waals surface area contributed by atoms with Crippen molar-refractivity contribution in [3.05, 3.63) is 133 Å². The third-order valence-electron chi connectivity index (χ3n) is 7.05. The predicted octanol–water partition coefficient (Wildman–Crippen LogP) is 8.69. The summed E-state index contributed by atoms with van der Waals surface area (Å²) in [4.78, 5) is 13.9. The van der Waals surface area contributed by atoms with E-state index in [-0.39, 0.29) is 31.1 Å². The number of H-pyrrole nitrogens is 1. The number of hydrogen-bond donors (Lipinski definition) is 1. The summed E-state index contributed by atoms with van der Waals surface area (Å²) < 4.78 is 0.